The maximum absolute atomic E-state index is 5.75. The van der Waals surface area contributed by atoms with Gasteiger partial charge in [0.25, 0.3) is 0 Å². The molecule has 106 valence electrons. The average molecular weight is 280 g/mol. The molecular weight excluding hydrogens is 256 g/mol. The van der Waals surface area contributed by atoms with Crippen LogP contribution in [0.25, 0.3) is 0 Å². The van der Waals surface area contributed by atoms with E-state index in [1.54, 1.807) is 0 Å². The molecule has 1 rings (SSSR count). The standard InChI is InChI=1S/C15H24N2OS/c1-3-17(10-11-18-4-2)14(12-15(16)19)13-8-6-5-7-9-13/h5-9,14H,3-4,10-12H2,1-2H3,(H2,16,19). The minimum Gasteiger partial charge on any atom is -0.393 e. The fourth-order valence-corrected chi connectivity index (χ4v) is 2.34. The summed E-state index contributed by atoms with van der Waals surface area (Å²) in [6.07, 6.45) is 0.708. The molecule has 0 spiro atoms. The summed E-state index contributed by atoms with van der Waals surface area (Å²) in [6.45, 7) is 7.51. The second-order valence-corrected chi connectivity index (χ2v) is 4.95. The van der Waals surface area contributed by atoms with E-state index in [-0.39, 0.29) is 6.04 Å². The van der Waals surface area contributed by atoms with Gasteiger partial charge in [-0.3, -0.25) is 4.90 Å². The average Bonchev–Trinajstić information content (AvgIpc) is 2.42. The van der Waals surface area contributed by atoms with Crippen LogP contribution in [-0.4, -0.2) is 36.2 Å². The number of likely N-dealkylation sites (N-methyl/N-ethyl adjacent to an activating group) is 1. The number of hydrogen-bond donors (Lipinski definition) is 1. The highest BCUT2D eigenvalue weighted by atomic mass is 32.1. The van der Waals surface area contributed by atoms with Crippen molar-refractivity contribution in [1.29, 1.82) is 0 Å². The highest BCUT2D eigenvalue weighted by Crippen LogP contribution is 2.23. The molecule has 1 atom stereocenters. The zero-order valence-corrected chi connectivity index (χ0v) is 12.7. The molecule has 3 nitrogen and oxygen atoms in total. The molecule has 0 saturated heterocycles. The Balaban J connectivity index is 2.78. The maximum atomic E-state index is 5.75. The predicted molar refractivity (Wildman–Crippen MR) is 84.3 cm³/mol. The fraction of sp³-hybridized carbons (Fsp3) is 0.533. The van der Waals surface area contributed by atoms with E-state index in [2.05, 4.69) is 36.1 Å². The number of benzene rings is 1. The first kappa shape index (κ1) is 16.1. The Morgan fingerprint density at radius 2 is 2.00 bits per heavy atom. The summed E-state index contributed by atoms with van der Waals surface area (Å²) in [6, 6.07) is 10.6. The minimum atomic E-state index is 0.240. The van der Waals surface area contributed by atoms with Gasteiger partial charge in [-0.1, -0.05) is 49.5 Å². The third-order valence-corrected chi connectivity index (χ3v) is 3.32. The highest BCUT2D eigenvalue weighted by molar-refractivity contribution is 7.80. The van der Waals surface area contributed by atoms with Gasteiger partial charge >= 0.3 is 0 Å². The molecule has 0 aliphatic rings. The summed E-state index contributed by atoms with van der Waals surface area (Å²) in [5.74, 6) is 0. The van der Waals surface area contributed by atoms with Crippen LogP contribution >= 0.6 is 12.2 Å². The van der Waals surface area contributed by atoms with Gasteiger partial charge in [0.1, 0.15) is 0 Å². The van der Waals surface area contributed by atoms with E-state index in [4.69, 9.17) is 22.7 Å². The Morgan fingerprint density at radius 3 is 2.53 bits per heavy atom. The lowest BCUT2D eigenvalue weighted by molar-refractivity contribution is 0.0978. The first-order valence-electron chi connectivity index (χ1n) is 6.84. The number of nitrogens with two attached hydrogens (primary N) is 1. The second kappa shape index (κ2) is 9.02. The molecule has 1 aromatic rings. The van der Waals surface area contributed by atoms with E-state index >= 15 is 0 Å². The van der Waals surface area contributed by atoms with Gasteiger partial charge in [0.15, 0.2) is 0 Å². The van der Waals surface area contributed by atoms with E-state index in [9.17, 15) is 0 Å². The first-order chi connectivity index (χ1) is 9.19. The lowest BCUT2D eigenvalue weighted by Crippen LogP contribution is -2.34. The summed E-state index contributed by atoms with van der Waals surface area (Å²) in [4.78, 5) is 2.92. The lowest BCUT2D eigenvalue weighted by Gasteiger charge is -2.30. The lowest BCUT2D eigenvalue weighted by atomic mass is 10.0. The number of hydrogen-bond acceptors (Lipinski definition) is 3. The van der Waals surface area contributed by atoms with Crippen molar-refractivity contribution in [3.8, 4) is 0 Å². The van der Waals surface area contributed by atoms with Crippen LogP contribution in [0.1, 0.15) is 31.9 Å². The summed E-state index contributed by atoms with van der Waals surface area (Å²) in [5.41, 5.74) is 7.01. The Bertz CT molecular complexity index is 370. The topological polar surface area (TPSA) is 38.5 Å². The molecule has 0 aliphatic carbocycles. The number of thiocarbonyl (C=S) groups is 1. The van der Waals surface area contributed by atoms with E-state index in [1.165, 1.54) is 5.56 Å². The van der Waals surface area contributed by atoms with Gasteiger partial charge < -0.3 is 10.5 Å². The van der Waals surface area contributed by atoms with Crippen LogP contribution < -0.4 is 5.73 Å². The Labute approximate surface area is 121 Å². The van der Waals surface area contributed by atoms with Crippen LogP contribution in [0.2, 0.25) is 0 Å². The number of rotatable bonds is 9. The van der Waals surface area contributed by atoms with Crippen LogP contribution in [0.3, 0.4) is 0 Å². The Hall–Kier alpha value is -0.970. The SMILES string of the molecule is CCOCCN(CC)C(CC(N)=S)c1ccccc1. The molecule has 0 fully saturated rings. The van der Waals surface area contributed by atoms with Gasteiger partial charge in [-0.25, -0.2) is 0 Å². The van der Waals surface area contributed by atoms with Crippen molar-refractivity contribution in [1.82, 2.24) is 4.90 Å². The van der Waals surface area contributed by atoms with Crippen LogP contribution in [0.5, 0.6) is 0 Å². The molecule has 2 N–H and O–H groups in total. The molecule has 0 amide bonds. The molecule has 1 unspecified atom stereocenters. The zero-order chi connectivity index (χ0) is 14.1. The molecule has 0 aliphatic heterocycles. The summed E-state index contributed by atoms with van der Waals surface area (Å²) >= 11 is 5.09. The summed E-state index contributed by atoms with van der Waals surface area (Å²) in [5, 5.41) is 0. The van der Waals surface area contributed by atoms with Crippen LogP contribution in [0.15, 0.2) is 30.3 Å². The molecule has 0 heterocycles. The normalized spacial score (nSPS) is 12.6. The molecule has 0 aromatic heterocycles. The van der Waals surface area contributed by atoms with Crippen LogP contribution in [-0.2, 0) is 4.74 Å². The van der Waals surface area contributed by atoms with Crippen LogP contribution in [0, 0.1) is 0 Å². The van der Waals surface area contributed by atoms with Gasteiger partial charge in [-0.15, -0.1) is 0 Å². The monoisotopic (exact) mass is 280 g/mol. The smallest absolute Gasteiger partial charge is 0.0746 e. The number of ether oxygens (including phenoxy) is 1. The first-order valence-corrected chi connectivity index (χ1v) is 7.24. The zero-order valence-electron chi connectivity index (χ0n) is 11.8. The molecule has 19 heavy (non-hydrogen) atoms. The maximum Gasteiger partial charge on any atom is 0.0746 e. The van der Waals surface area contributed by atoms with Gasteiger partial charge in [-0.2, -0.15) is 0 Å². The van der Waals surface area contributed by atoms with Crippen molar-refractivity contribution in [3.05, 3.63) is 35.9 Å². The quantitative estimate of drug-likeness (QED) is 0.557. The largest absolute Gasteiger partial charge is 0.393 e. The van der Waals surface area contributed by atoms with Crippen molar-refractivity contribution in [3.63, 3.8) is 0 Å². The molecule has 0 bridgehead atoms. The van der Waals surface area contributed by atoms with Gasteiger partial charge in [0.2, 0.25) is 0 Å². The summed E-state index contributed by atoms with van der Waals surface area (Å²) < 4.78 is 5.45. The van der Waals surface area contributed by atoms with Crippen molar-refractivity contribution in [2.45, 2.75) is 26.3 Å². The van der Waals surface area contributed by atoms with E-state index in [0.29, 0.717) is 11.4 Å². The van der Waals surface area contributed by atoms with E-state index in [1.807, 2.05) is 13.0 Å². The fourth-order valence-electron chi connectivity index (χ4n) is 2.18. The van der Waals surface area contributed by atoms with Gasteiger partial charge in [0.05, 0.1) is 11.6 Å². The molecule has 0 saturated carbocycles. The predicted octanol–water partition coefficient (Wildman–Crippen LogP) is 2.76. The molecular formula is C15H24N2OS. The summed E-state index contributed by atoms with van der Waals surface area (Å²) in [7, 11) is 0. The molecule has 4 heteroatoms. The van der Waals surface area contributed by atoms with Crippen LogP contribution in [0.4, 0.5) is 0 Å². The van der Waals surface area contributed by atoms with Crippen molar-refractivity contribution in [2.24, 2.45) is 5.73 Å². The van der Waals surface area contributed by atoms with E-state index < -0.39 is 0 Å². The third-order valence-electron chi connectivity index (χ3n) is 3.15. The number of nitrogens with zero attached hydrogens (tertiary/aromatic N) is 1. The van der Waals surface area contributed by atoms with Crippen molar-refractivity contribution < 1.29 is 4.74 Å². The van der Waals surface area contributed by atoms with Crippen molar-refractivity contribution in [2.75, 3.05) is 26.3 Å². The van der Waals surface area contributed by atoms with Crippen molar-refractivity contribution >= 4 is 17.2 Å². The highest BCUT2D eigenvalue weighted by Gasteiger charge is 2.19. The van der Waals surface area contributed by atoms with Gasteiger partial charge in [-0.05, 0) is 19.0 Å². The third kappa shape index (κ3) is 5.68. The second-order valence-electron chi connectivity index (χ2n) is 4.42. The Kier molecular flexibility index (Phi) is 7.63. The van der Waals surface area contributed by atoms with E-state index in [0.717, 1.165) is 26.3 Å². The molecule has 1 aromatic carbocycles. The Morgan fingerprint density at radius 1 is 1.32 bits per heavy atom. The minimum absolute atomic E-state index is 0.240. The molecule has 0 radical (unpaired) electrons. The van der Waals surface area contributed by atoms with Gasteiger partial charge in [0, 0.05) is 25.6 Å².